The molecule has 1 aliphatic heterocycles. The number of hydrogen-bond acceptors (Lipinski definition) is 5. The van der Waals surface area contributed by atoms with Crippen molar-refractivity contribution in [1.29, 1.82) is 0 Å². The van der Waals surface area contributed by atoms with E-state index in [-0.39, 0.29) is 18.1 Å². The van der Waals surface area contributed by atoms with Gasteiger partial charge in [-0.15, -0.1) is 0 Å². The molecule has 140 valence electrons. The second kappa shape index (κ2) is 7.44. The largest absolute Gasteiger partial charge is 0.495 e. The first-order valence-corrected chi connectivity index (χ1v) is 8.77. The van der Waals surface area contributed by atoms with Crippen molar-refractivity contribution in [1.82, 2.24) is 4.90 Å². The van der Waals surface area contributed by atoms with Crippen LogP contribution in [0.25, 0.3) is 5.57 Å². The summed E-state index contributed by atoms with van der Waals surface area (Å²) >= 11 is 0. The van der Waals surface area contributed by atoms with Crippen molar-refractivity contribution in [3.8, 4) is 5.75 Å². The number of para-hydroxylation sites is 2. The topological polar surface area (TPSA) is 71.8 Å². The minimum atomic E-state index is -0.411. The van der Waals surface area contributed by atoms with Crippen LogP contribution in [0.4, 0.5) is 5.69 Å². The number of furan rings is 1. The van der Waals surface area contributed by atoms with Gasteiger partial charge in [0.05, 0.1) is 31.2 Å². The number of carbonyl (C=O) groups is 2. The summed E-state index contributed by atoms with van der Waals surface area (Å²) in [6.45, 7) is 0.0676. The quantitative estimate of drug-likeness (QED) is 0.667. The smallest absolute Gasteiger partial charge is 0.278 e. The molecule has 0 saturated carbocycles. The summed E-state index contributed by atoms with van der Waals surface area (Å²) in [5.41, 5.74) is 1.81. The highest BCUT2D eigenvalue weighted by molar-refractivity contribution is 6.36. The summed E-state index contributed by atoms with van der Waals surface area (Å²) < 4.78 is 10.7. The van der Waals surface area contributed by atoms with Gasteiger partial charge in [-0.05, 0) is 29.8 Å². The lowest BCUT2D eigenvalue weighted by atomic mass is 10.0. The third kappa shape index (κ3) is 3.16. The van der Waals surface area contributed by atoms with Crippen LogP contribution in [0.1, 0.15) is 11.3 Å². The maximum atomic E-state index is 13.1. The number of amides is 2. The van der Waals surface area contributed by atoms with Crippen LogP contribution in [0.5, 0.6) is 5.75 Å². The van der Waals surface area contributed by atoms with E-state index in [1.54, 1.807) is 43.5 Å². The van der Waals surface area contributed by atoms with Crippen LogP contribution in [-0.4, -0.2) is 23.8 Å². The number of methoxy groups -OCH3 is 1. The maximum Gasteiger partial charge on any atom is 0.278 e. The van der Waals surface area contributed by atoms with E-state index in [4.69, 9.17) is 9.15 Å². The third-order valence-electron chi connectivity index (χ3n) is 4.49. The Kier molecular flexibility index (Phi) is 4.68. The molecule has 6 nitrogen and oxygen atoms in total. The van der Waals surface area contributed by atoms with E-state index >= 15 is 0 Å². The predicted octanol–water partition coefficient (Wildman–Crippen LogP) is 3.68. The van der Waals surface area contributed by atoms with E-state index in [9.17, 15) is 9.59 Å². The highest BCUT2D eigenvalue weighted by Crippen LogP contribution is 2.33. The molecule has 0 atom stereocenters. The van der Waals surface area contributed by atoms with Crippen molar-refractivity contribution in [3.05, 3.63) is 90.0 Å². The molecule has 6 heteroatoms. The van der Waals surface area contributed by atoms with E-state index in [1.165, 1.54) is 11.2 Å². The van der Waals surface area contributed by atoms with Gasteiger partial charge in [-0.1, -0.05) is 42.5 Å². The van der Waals surface area contributed by atoms with Gasteiger partial charge in [-0.25, -0.2) is 0 Å². The normalized spacial score (nSPS) is 14.0. The molecule has 2 amide bonds. The van der Waals surface area contributed by atoms with Gasteiger partial charge in [0.15, 0.2) is 0 Å². The van der Waals surface area contributed by atoms with Gasteiger partial charge >= 0.3 is 0 Å². The lowest BCUT2D eigenvalue weighted by Gasteiger charge is -2.14. The third-order valence-corrected chi connectivity index (χ3v) is 4.49. The van der Waals surface area contributed by atoms with Crippen molar-refractivity contribution in [3.63, 3.8) is 0 Å². The Bertz CT molecular complexity index is 1040. The van der Waals surface area contributed by atoms with Gasteiger partial charge in [-0.3, -0.25) is 14.5 Å². The molecule has 0 bridgehead atoms. The summed E-state index contributed by atoms with van der Waals surface area (Å²) in [6.07, 6.45) is 1.51. The van der Waals surface area contributed by atoms with Crippen molar-refractivity contribution < 1.29 is 18.7 Å². The van der Waals surface area contributed by atoms with Crippen LogP contribution >= 0.6 is 0 Å². The second-order valence-corrected chi connectivity index (χ2v) is 6.22. The van der Waals surface area contributed by atoms with Crippen LogP contribution in [0.2, 0.25) is 0 Å². The Morgan fingerprint density at radius 2 is 1.68 bits per heavy atom. The minimum absolute atomic E-state index is 0.0676. The van der Waals surface area contributed by atoms with Crippen molar-refractivity contribution in [2.24, 2.45) is 0 Å². The lowest BCUT2D eigenvalue weighted by Crippen LogP contribution is -2.31. The molecule has 2 aromatic carbocycles. The summed E-state index contributed by atoms with van der Waals surface area (Å²) in [7, 11) is 1.55. The van der Waals surface area contributed by atoms with Gasteiger partial charge in [0.2, 0.25) is 0 Å². The number of nitrogens with one attached hydrogen (secondary N) is 1. The van der Waals surface area contributed by atoms with E-state index in [2.05, 4.69) is 5.32 Å². The van der Waals surface area contributed by atoms with Crippen molar-refractivity contribution in [2.45, 2.75) is 6.54 Å². The number of imide groups is 1. The number of rotatable bonds is 6. The molecule has 0 spiro atoms. The van der Waals surface area contributed by atoms with Crippen LogP contribution in [0.3, 0.4) is 0 Å². The Balaban J connectivity index is 1.76. The fourth-order valence-corrected chi connectivity index (χ4v) is 3.15. The molecule has 1 aliphatic rings. The van der Waals surface area contributed by atoms with Gasteiger partial charge in [0, 0.05) is 0 Å². The molecule has 0 fully saturated rings. The highest BCUT2D eigenvalue weighted by Gasteiger charge is 2.39. The lowest BCUT2D eigenvalue weighted by molar-refractivity contribution is -0.137. The molecule has 4 rings (SSSR count). The molecule has 3 aromatic rings. The van der Waals surface area contributed by atoms with Crippen LogP contribution in [0, 0.1) is 0 Å². The SMILES string of the molecule is COc1ccccc1NC1=C(c2ccccc2)C(=O)N(Cc2ccco2)C1=O. The summed E-state index contributed by atoms with van der Waals surface area (Å²) in [5, 5.41) is 3.11. The van der Waals surface area contributed by atoms with Gasteiger partial charge in [-0.2, -0.15) is 0 Å². The number of anilines is 1. The van der Waals surface area contributed by atoms with Crippen molar-refractivity contribution >= 4 is 23.1 Å². The average Bonchev–Trinajstić information content (AvgIpc) is 3.32. The first-order valence-electron chi connectivity index (χ1n) is 8.77. The average molecular weight is 374 g/mol. The summed E-state index contributed by atoms with van der Waals surface area (Å²) in [4.78, 5) is 27.4. The first kappa shape index (κ1) is 17.6. The zero-order valence-corrected chi connectivity index (χ0v) is 15.2. The summed E-state index contributed by atoms with van der Waals surface area (Å²) in [6, 6.07) is 19.8. The molecule has 1 N–H and O–H groups in total. The fourth-order valence-electron chi connectivity index (χ4n) is 3.15. The second-order valence-electron chi connectivity index (χ2n) is 6.22. The molecule has 0 radical (unpaired) electrons. The van der Waals surface area contributed by atoms with Crippen molar-refractivity contribution in [2.75, 3.05) is 12.4 Å². The summed E-state index contributed by atoms with van der Waals surface area (Å²) in [5.74, 6) is 0.330. The molecule has 28 heavy (non-hydrogen) atoms. The van der Waals surface area contributed by atoms with Gasteiger partial charge in [0.1, 0.15) is 17.2 Å². The van der Waals surface area contributed by atoms with Crippen LogP contribution < -0.4 is 10.1 Å². The fraction of sp³-hybridized carbons (Fsp3) is 0.0909. The van der Waals surface area contributed by atoms with Crippen LogP contribution in [-0.2, 0) is 16.1 Å². The predicted molar refractivity (Wildman–Crippen MR) is 104 cm³/mol. The Morgan fingerprint density at radius 1 is 0.929 bits per heavy atom. The zero-order chi connectivity index (χ0) is 19.5. The van der Waals surface area contributed by atoms with E-state index in [0.29, 0.717) is 28.3 Å². The maximum absolute atomic E-state index is 13.1. The van der Waals surface area contributed by atoms with Gasteiger partial charge < -0.3 is 14.5 Å². The Hall–Kier alpha value is -3.80. The molecule has 0 unspecified atom stereocenters. The zero-order valence-electron chi connectivity index (χ0n) is 15.2. The molecular formula is C22H18N2O4. The number of ether oxygens (including phenoxy) is 1. The first-order chi connectivity index (χ1) is 13.7. The minimum Gasteiger partial charge on any atom is -0.495 e. The number of nitrogens with zero attached hydrogens (tertiary/aromatic N) is 1. The molecule has 0 saturated heterocycles. The van der Waals surface area contributed by atoms with E-state index in [1.807, 2.05) is 30.3 Å². The van der Waals surface area contributed by atoms with E-state index in [0.717, 1.165) is 0 Å². The molecular weight excluding hydrogens is 356 g/mol. The monoisotopic (exact) mass is 374 g/mol. The number of carbonyl (C=O) groups excluding carboxylic acids is 2. The molecule has 2 heterocycles. The Labute approximate surface area is 162 Å². The van der Waals surface area contributed by atoms with Gasteiger partial charge in [0.25, 0.3) is 11.8 Å². The molecule has 0 aliphatic carbocycles. The van der Waals surface area contributed by atoms with E-state index < -0.39 is 5.91 Å². The molecule has 1 aromatic heterocycles. The van der Waals surface area contributed by atoms with Crippen LogP contribution in [0.15, 0.2) is 83.1 Å². The number of hydrogen-bond donors (Lipinski definition) is 1. The standard InChI is InChI=1S/C22H18N2O4/c1-27-18-12-6-5-11-17(18)23-20-19(15-8-3-2-4-9-15)21(25)24(22(20)26)14-16-10-7-13-28-16/h2-13,23H,14H2,1H3. The number of benzene rings is 2. The Morgan fingerprint density at radius 3 is 2.39 bits per heavy atom. The highest BCUT2D eigenvalue weighted by atomic mass is 16.5.